The molecule has 2 N–H and O–H groups in total. The number of nitrogens with one attached hydrogen (secondary N) is 1. The highest BCUT2D eigenvalue weighted by Gasteiger charge is 2.43. The van der Waals surface area contributed by atoms with E-state index >= 15 is 0 Å². The summed E-state index contributed by atoms with van der Waals surface area (Å²) in [6, 6.07) is 1.42. The van der Waals surface area contributed by atoms with E-state index in [0.717, 1.165) is 0 Å². The fraction of sp³-hybridized carbons (Fsp3) is 0.667. The van der Waals surface area contributed by atoms with Crippen LogP contribution in [0.5, 0.6) is 0 Å². The van der Waals surface area contributed by atoms with Crippen molar-refractivity contribution in [3.63, 3.8) is 0 Å². The van der Waals surface area contributed by atoms with Gasteiger partial charge in [0.05, 0.1) is 5.92 Å². The van der Waals surface area contributed by atoms with Crippen molar-refractivity contribution in [1.29, 1.82) is 0 Å². The normalized spacial score (nSPS) is 22.2. The summed E-state index contributed by atoms with van der Waals surface area (Å²) >= 11 is 0. The molecule has 1 aromatic rings. The molecule has 1 amide bonds. The minimum Gasteiger partial charge on any atom is -0.479 e. The van der Waals surface area contributed by atoms with E-state index in [2.05, 4.69) is 10.4 Å². The number of carboxylic acid groups (broad SMARTS) is 1. The van der Waals surface area contributed by atoms with Crippen molar-refractivity contribution in [3.05, 3.63) is 12.3 Å². The minimum atomic E-state index is -4.29. The number of carboxylic acids is 1. The van der Waals surface area contributed by atoms with Gasteiger partial charge in [0.15, 0.2) is 11.4 Å². The molecule has 9 heteroatoms. The first-order chi connectivity index (χ1) is 11.0. The van der Waals surface area contributed by atoms with Crippen LogP contribution in [0.25, 0.3) is 0 Å². The molecule has 1 aliphatic carbocycles. The molecular weight excluding hydrogens is 327 g/mol. The average Bonchev–Trinajstić information content (AvgIpc) is 2.95. The first kappa shape index (κ1) is 18.3. The third-order valence-corrected chi connectivity index (χ3v) is 4.44. The second-order valence-electron chi connectivity index (χ2n) is 6.60. The third kappa shape index (κ3) is 3.88. The van der Waals surface area contributed by atoms with E-state index in [4.69, 9.17) is 5.11 Å². The molecule has 1 aliphatic rings. The summed E-state index contributed by atoms with van der Waals surface area (Å²) in [5.74, 6) is -3.65. The summed E-state index contributed by atoms with van der Waals surface area (Å²) in [4.78, 5) is 23.4. The summed E-state index contributed by atoms with van der Waals surface area (Å²) in [6.07, 6.45) is -2.30. The summed E-state index contributed by atoms with van der Waals surface area (Å²) in [7, 11) is 0. The molecule has 6 nitrogen and oxygen atoms in total. The molecule has 0 saturated heterocycles. The van der Waals surface area contributed by atoms with Crippen molar-refractivity contribution in [2.45, 2.75) is 51.2 Å². The van der Waals surface area contributed by atoms with Crippen molar-refractivity contribution in [3.8, 4) is 0 Å². The topological polar surface area (TPSA) is 84.2 Å². The van der Waals surface area contributed by atoms with Crippen molar-refractivity contribution >= 4 is 17.7 Å². The molecule has 1 aromatic heterocycles. The Hall–Kier alpha value is -2.06. The van der Waals surface area contributed by atoms with Gasteiger partial charge in [-0.2, -0.15) is 18.3 Å². The number of halogens is 3. The Labute approximate surface area is 137 Å². The third-order valence-electron chi connectivity index (χ3n) is 4.44. The number of carbonyl (C=O) groups is 2. The maximum atomic E-state index is 12.8. The molecule has 0 spiro atoms. The van der Waals surface area contributed by atoms with Crippen LogP contribution in [0.4, 0.5) is 19.0 Å². The molecule has 2 rings (SSSR count). The predicted molar refractivity (Wildman–Crippen MR) is 79.3 cm³/mol. The van der Waals surface area contributed by atoms with E-state index in [0.29, 0.717) is 12.8 Å². The highest BCUT2D eigenvalue weighted by molar-refractivity contribution is 5.91. The van der Waals surface area contributed by atoms with Crippen molar-refractivity contribution < 1.29 is 27.9 Å². The second kappa shape index (κ2) is 6.45. The largest absolute Gasteiger partial charge is 0.479 e. The van der Waals surface area contributed by atoms with Gasteiger partial charge in [-0.05, 0) is 33.1 Å². The molecule has 1 saturated carbocycles. The Morgan fingerprint density at radius 3 is 2.58 bits per heavy atom. The number of aliphatic carboxylic acids is 1. The van der Waals surface area contributed by atoms with E-state index in [9.17, 15) is 22.8 Å². The van der Waals surface area contributed by atoms with Gasteiger partial charge in [-0.1, -0.05) is 6.42 Å². The smallest absolute Gasteiger partial charge is 0.391 e. The van der Waals surface area contributed by atoms with Gasteiger partial charge in [0, 0.05) is 18.2 Å². The average molecular weight is 347 g/mol. The summed E-state index contributed by atoms with van der Waals surface area (Å²) < 4.78 is 39.6. The molecule has 2 atom stereocenters. The standard InChI is InChI=1S/C15H20F3N3O3/c1-14(2,13(23)24)21-7-6-11(20-21)19-12(22)9-4-3-5-10(8-9)15(16,17)18/h6-7,9-10H,3-5,8H2,1-2H3,(H,23,24)(H,19,20,22). The lowest BCUT2D eigenvalue weighted by atomic mass is 9.80. The Bertz CT molecular complexity index is 625. The van der Waals surface area contributed by atoms with Crippen LogP contribution in [-0.2, 0) is 15.1 Å². The van der Waals surface area contributed by atoms with E-state index in [-0.39, 0.29) is 18.7 Å². The van der Waals surface area contributed by atoms with Crippen molar-refractivity contribution in [1.82, 2.24) is 9.78 Å². The second-order valence-corrected chi connectivity index (χ2v) is 6.60. The Kier molecular flexibility index (Phi) is 4.91. The van der Waals surface area contributed by atoms with Crippen LogP contribution in [0.15, 0.2) is 12.3 Å². The van der Waals surface area contributed by atoms with Crippen LogP contribution in [0.2, 0.25) is 0 Å². The van der Waals surface area contributed by atoms with Gasteiger partial charge in [-0.3, -0.25) is 9.48 Å². The van der Waals surface area contributed by atoms with Crippen LogP contribution in [0.3, 0.4) is 0 Å². The van der Waals surface area contributed by atoms with Gasteiger partial charge in [0.1, 0.15) is 0 Å². The number of aromatic nitrogens is 2. The lowest BCUT2D eigenvalue weighted by molar-refractivity contribution is -0.185. The van der Waals surface area contributed by atoms with Crippen molar-refractivity contribution in [2.24, 2.45) is 11.8 Å². The molecule has 0 aliphatic heterocycles. The number of anilines is 1. The van der Waals surface area contributed by atoms with Crippen LogP contribution >= 0.6 is 0 Å². The molecule has 1 fully saturated rings. The zero-order valence-corrected chi connectivity index (χ0v) is 13.4. The van der Waals surface area contributed by atoms with Gasteiger partial charge >= 0.3 is 12.1 Å². The van der Waals surface area contributed by atoms with Crippen LogP contribution in [0.1, 0.15) is 39.5 Å². The number of rotatable bonds is 4. The first-order valence-corrected chi connectivity index (χ1v) is 7.69. The first-order valence-electron chi connectivity index (χ1n) is 7.69. The number of amides is 1. The SMILES string of the molecule is CC(C)(C(=O)O)n1ccc(NC(=O)C2CCCC(C(F)(F)F)C2)n1. The van der Waals surface area contributed by atoms with Gasteiger partial charge in [0.2, 0.25) is 5.91 Å². The van der Waals surface area contributed by atoms with E-state index in [1.807, 2.05) is 0 Å². The lowest BCUT2D eigenvalue weighted by Gasteiger charge is -2.29. The zero-order chi connectivity index (χ0) is 18.1. The van der Waals surface area contributed by atoms with Crippen LogP contribution in [0, 0.1) is 11.8 Å². The molecule has 24 heavy (non-hydrogen) atoms. The van der Waals surface area contributed by atoms with Crippen LogP contribution < -0.4 is 5.32 Å². The quantitative estimate of drug-likeness (QED) is 0.877. The van der Waals surface area contributed by atoms with Crippen LogP contribution in [-0.4, -0.2) is 32.9 Å². The highest BCUT2D eigenvalue weighted by atomic mass is 19.4. The summed E-state index contributed by atoms with van der Waals surface area (Å²) in [5.41, 5.74) is -1.30. The predicted octanol–water partition coefficient (Wildman–Crippen LogP) is 3.01. The number of alkyl halides is 3. The highest BCUT2D eigenvalue weighted by Crippen LogP contribution is 2.40. The maximum Gasteiger partial charge on any atom is 0.391 e. The number of hydrogen-bond donors (Lipinski definition) is 2. The van der Waals surface area contributed by atoms with Gasteiger partial charge < -0.3 is 10.4 Å². The zero-order valence-electron chi connectivity index (χ0n) is 13.4. The molecule has 134 valence electrons. The Morgan fingerprint density at radius 1 is 1.33 bits per heavy atom. The fourth-order valence-corrected chi connectivity index (χ4v) is 2.75. The lowest BCUT2D eigenvalue weighted by Crippen LogP contribution is -2.36. The fourth-order valence-electron chi connectivity index (χ4n) is 2.75. The molecule has 2 unspecified atom stereocenters. The number of nitrogens with zero attached hydrogens (tertiary/aromatic N) is 2. The van der Waals surface area contributed by atoms with Gasteiger partial charge in [-0.25, -0.2) is 4.79 Å². The monoisotopic (exact) mass is 347 g/mol. The Balaban J connectivity index is 2.03. The molecule has 0 radical (unpaired) electrons. The molecule has 1 heterocycles. The molecular formula is C15H20F3N3O3. The molecule has 0 aromatic carbocycles. The summed E-state index contributed by atoms with van der Waals surface area (Å²) in [6.45, 7) is 2.89. The van der Waals surface area contributed by atoms with Crippen molar-refractivity contribution in [2.75, 3.05) is 5.32 Å². The van der Waals surface area contributed by atoms with Gasteiger partial charge in [-0.15, -0.1) is 0 Å². The number of hydrogen-bond acceptors (Lipinski definition) is 3. The minimum absolute atomic E-state index is 0.0503. The summed E-state index contributed by atoms with van der Waals surface area (Å²) in [5, 5.41) is 15.6. The molecule has 0 bridgehead atoms. The van der Waals surface area contributed by atoms with E-state index < -0.39 is 35.4 Å². The Morgan fingerprint density at radius 2 is 2.00 bits per heavy atom. The maximum absolute atomic E-state index is 12.8. The van der Waals surface area contributed by atoms with E-state index in [1.165, 1.54) is 30.8 Å². The van der Waals surface area contributed by atoms with E-state index in [1.54, 1.807) is 0 Å². The number of carbonyl (C=O) groups excluding carboxylic acids is 1. The van der Waals surface area contributed by atoms with Gasteiger partial charge in [0.25, 0.3) is 0 Å².